The first-order chi connectivity index (χ1) is 13.0. The van der Waals surface area contributed by atoms with Crippen LogP contribution in [0.2, 0.25) is 0 Å². The molecule has 0 saturated carbocycles. The number of methoxy groups -OCH3 is 2. The standard InChI is InChI=1S/C20H20FN3O3/c1-13-22-6-7-24(13)19-5-4-14(8-18(19)21)12-23-20(25)15-9-16(26-2)11-17(10-15)27-3/h4-11H,12H2,1-3H3,(H,23,25). The summed E-state index contributed by atoms with van der Waals surface area (Å²) in [6, 6.07) is 9.75. The van der Waals surface area contributed by atoms with Crippen molar-refractivity contribution in [2.24, 2.45) is 0 Å². The summed E-state index contributed by atoms with van der Waals surface area (Å²) in [5.41, 5.74) is 1.46. The molecule has 140 valence electrons. The Morgan fingerprint density at radius 1 is 1.15 bits per heavy atom. The molecule has 6 nitrogen and oxygen atoms in total. The molecular formula is C20H20FN3O3. The molecule has 0 radical (unpaired) electrons. The Morgan fingerprint density at radius 3 is 2.41 bits per heavy atom. The van der Waals surface area contributed by atoms with Crippen LogP contribution in [0.3, 0.4) is 0 Å². The maximum absolute atomic E-state index is 14.4. The Bertz CT molecular complexity index is 947. The summed E-state index contributed by atoms with van der Waals surface area (Å²) >= 11 is 0. The maximum Gasteiger partial charge on any atom is 0.251 e. The number of aryl methyl sites for hydroxylation is 1. The predicted octanol–water partition coefficient (Wildman–Crippen LogP) is 3.27. The topological polar surface area (TPSA) is 65.4 Å². The largest absolute Gasteiger partial charge is 0.497 e. The van der Waals surface area contributed by atoms with Gasteiger partial charge in [0.05, 0.1) is 19.9 Å². The Kier molecular flexibility index (Phi) is 5.40. The Balaban J connectivity index is 1.72. The van der Waals surface area contributed by atoms with Crippen molar-refractivity contribution in [1.82, 2.24) is 14.9 Å². The number of carbonyl (C=O) groups is 1. The van der Waals surface area contributed by atoms with E-state index in [1.54, 1.807) is 54.2 Å². The number of halogens is 1. The summed E-state index contributed by atoms with van der Waals surface area (Å²) in [5, 5.41) is 2.77. The minimum Gasteiger partial charge on any atom is -0.497 e. The molecule has 3 rings (SSSR count). The normalized spacial score (nSPS) is 10.5. The van der Waals surface area contributed by atoms with Crippen molar-refractivity contribution in [3.8, 4) is 17.2 Å². The van der Waals surface area contributed by atoms with Crippen molar-refractivity contribution in [2.45, 2.75) is 13.5 Å². The van der Waals surface area contributed by atoms with Crippen molar-refractivity contribution < 1.29 is 18.7 Å². The van der Waals surface area contributed by atoms with Gasteiger partial charge in [-0.05, 0) is 36.8 Å². The second kappa shape index (κ2) is 7.90. The molecule has 1 heterocycles. The number of benzene rings is 2. The molecule has 0 unspecified atom stereocenters. The number of ether oxygens (including phenoxy) is 2. The van der Waals surface area contributed by atoms with Gasteiger partial charge in [0, 0.05) is 30.6 Å². The van der Waals surface area contributed by atoms with Crippen LogP contribution < -0.4 is 14.8 Å². The zero-order chi connectivity index (χ0) is 19.4. The van der Waals surface area contributed by atoms with Gasteiger partial charge in [-0.2, -0.15) is 0 Å². The number of carbonyl (C=O) groups excluding carboxylic acids is 1. The fourth-order valence-electron chi connectivity index (χ4n) is 2.71. The fourth-order valence-corrected chi connectivity index (χ4v) is 2.71. The van der Waals surface area contributed by atoms with E-state index in [-0.39, 0.29) is 18.3 Å². The van der Waals surface area contributed by atoms with Crippen LogP contribution in [-0.4, -0.2) is 29.7 Å². The van der Waals surface area contributed by atoms with Crippen LogP contribution in [0.5, 0.6) is 11.5 Å². The van der Waals surface area contributed by atoms with Crippen LogP contribution >= 0.6 is 0 Å². The molecule has 2 aromatic carbocycles. The van der Waals surface area contributed by atoms with Crippen LogP contribution in [0, 0.1) is 12.7 Å². The van der Waals surface area contributed by atoms with Gasteiger partial charge >= 0.3 is 0 Å². The number of amides is 1. The van der Waals surface area contributed by atoms with Gasteiger partial charge in [-0.3, -0.25) is 4.79 Å². The molecule has 0 aliphatic rings. The number of hydrogen-bond acceptors (Lipinski definition) is 4. The van der Waals surface area contributed by atoms with Gasteiger partial charge in [0.25, 0.3) is 5.91 Å². The van der Waals surface area contributed by atoms with Gasteiger partial charge in [0.15, 0.2) is 0 Å². The van der Waals surface area contributed by atoms with Gasteiger partial charge in [-0.1, -0.05) is 6.07 Å². The van der Waals surface area contributed by atoms with Crippen molar-refractivity contribution in [3.63, 3.8) is 0 Å². The van der Waals surface area contributed by atoms with E-state index in [0.717, 1.165) is 0 Å². The molecule has 1 amide bonds. The Hall–Kier alpha value is -3.35. The van der Waals surface area contributed by atoms with Gasteiger partial charge < -0.3 is 19.4 Å². The van der Waals surface area contributed by atoms with E-state index in [4.69, 9.17) is 9.47 Å². The fraction of sp³-hybridized carbons (Fsp3) is 0.200. The number of aromatic nitrogens is 2. The summed E-state index contributed by atoms with van der Waals surface area (Å²) in [6.07, 6.45) is 3.32. The van der Waals surface area contributed by atoms with E-state index < -0.39 is 0 Å². The number of rotatable bonds is 6. The monoisotopic (exact) mass is 369 g/mol. The Morgan fingerprint density at radius 2 is 1.85 bits per heavy atom. The van der Waals surface area contributed by atoms with Crippen molar-refractivity contribution in [1.29, 1.82) is 0 Å². The number of hydrogen-bond donors (Lipinski definition) is 1. The Labute approximate surface area is 156 Å². The van der Waals surface area contributed by atoms with Gasteiger partial charge in [-0.25, -0.2) is 9.37 Å². The molecule has 27 heavy (non-hydrogen) atoms. The van der Waals surface area contributed by atoms with E-state index >= 15 is 0 Å². The minimum absolute atomic E-state index is 0.193. The predicted molar refractivity (Wildman–Crippen MR) is 99.0 cm³/mol. The molecule has 0 spiro atoms. The minimum atomic E-state index is -0.383. The van der Waals surface area contributed by atoms with Crippen LogP contribution in [0.4, 0.5) is 4.39 Å². The third-order valence-corrected chi connectivity index (χ3v) is 4.16. The first kappa shape index (κ1) is 18.4. The molecule has 0 atom stereocenters. The van der Waals surface area contributed by atoms with E-state index in [2.05, 4.69) is 10.3 Å². The van der Waals surface area contributed by atoms with Crippen molar-refractivity contribution >= 4 is 5.91 Å². The van der Waals surface area contributed by atoms with E-state index in [9.17, 15) is 9.18 Å². The highest BCUT2D eigenvalue weighted by Crippen LogP contribution is 2.22. The van der Waals surface area contributed by atoms with Crippen molar-refractivity contribution in [3.05, 3.63) is 71.6 Å². The molecule has 0 aliphatic heterocycles. The summed E-state index contributed by atoms with van der Waals surface area (Å²) < 4.78 is 26.4. The quantitative estimate of drug-likeness (QED) is 0.724. The maximum atomic E-state index is 14.4. The van der Waals surface area contributed by atoms with E-state index in [1.807, 2.05) is 0 Å². The molecule has 0 fully saturated rings. The number of imidazole rings is 1. The first-order valence-corrected chi connectivity index (χ1v) is 8.32. The second-order valence-electron chi connectivity index (χ2n) is 5.91. The van der Waals surface area contributed by atoms with Crippen LogP contribution in [0.25, 0.3) is 5.69 Å². The van der Waals surface area contributed by atoms with Gasteiger partial charge in [0.1, 0.15) is 23.1 Å². The molecule has 0 aliphatic carbocycles. The van der Waals surface area contributed by atoms with E-state index in [1.165, 1.54) is 20.3 Å². The van der Waals surface area contributed by atoms with E-state index in [0.29, 0.717) is 34.1 Å². The molecule has 1 N–H and O–H groups in total. The third-order valence-electron chi connectivity index (χ3n) is 4.16. The van der Waals surface area contributed by atoms with Crippen molar-refractivity contribution in [2.75, 3.05) is 14.2 Å². The number of nitrogens with zero attached hydrogens (tertiary/aromatic N) is 2. The lowest BCUT2D eigenvalue weighted by Crippen LogP contribution is -2.23. The summed E-state index contributed by atoms with van der Waals surface area (Å²) in [5.74, 6) is 1.05. The van der Waals surface area contributed by atoms with Crippen LogP contribution in [0.1, 0.15) is 21.7 Å². The van der Waals surface area contributed by atoms with Crippen LogP contribution in [-0.2, 0) is 6.54 Å². The lowest BCUT2D eigenvalue weighted by atomic mass is 10.1. The average molecular weight is 369 g/mol. The van der Waals surface area contributed by atoms with Crippen LogP contribution in [0.15, 0.2) is 48.8 Å². The van der Waals surface area contributed by atoms with Gasteiger partial charge in [0.2, 0.25) is 0 Å². The highest BCUT2D eigenvalue weighted by atomic mass is 19.1. The molecular weight excluding hydrogens is 349 g/mol. The second-order valence-corrected chi connectivity index (χ2v) is 5.91. The highest BCUT2D eigenvalue weighted by Gasteiger charge is 2.11. The average Bonchev–Trinajstić information content (AvgIpc) is 3.11. The summed E-state index contributed by atoms with van der Waals surface area (Å²) in [7, 11) is 3.03. The number of nitrogens with one attached hydrogen (secondary N) is 1. The first-order valence-electron chi connectivity index (χ1n) is 8.32. The summed E-state index contributed by atoms with van der Waals surface area (Å²) in [6.45, 7) is 1.99. The smallest absolute Gasteiger partial charge is 0.251 e. The third kappa shape index (κ3) is 4.08. The molecule has 0 saturated heterocycles. The lowest BCUT2D eigenvalue weighted by Gasteiger charge is -2.11. The lowest BCUT2D eigenvalue weighted by molar-refractivity contribution is 0.0950. The van der Waals surface area contributed by atoms with Gasteiger partial charge in [-0.15, -0.1) is 0 Å². The molecule has 7 heteroatoms. The molecule has 3 aromatic rings. The zero-order valence-corrected chi connectivity index (χ0v) is 15.3. The molecule has 1 aromatic heterocycles. The highest BCUT2D eigenvalue weighted by molar-refractivity contribution is 5.95. The SMILES string of the molecule is COc1cc(OC)cc(C(=O)NCc2ccc(-n3ccnc3C)c(F)c2)c1. The zero-order valence-electron chi connectivity index (χ0n) is 15.3. The molecule has 0 bridgehead atoms. The summed E-state index contributed by atoms with van der Waals surface area (Å²) in [4.78, 5) is 16.5.